The van der Waals surface area contributed by atoms with Crippen LogP contribution in [0.5, 0.6) is 0 Å². The first-order chi connectivity index (χ1) is 7.78. The zero-order valence-electron chi connectivity index (χ0n) is 10.2. The Morgan fingerprint density at radius 3 is 1.69 bits per heavy atom. The number of hydrogen-bond acceptors (Lipinski definition) is 3. The van der Waals surface area contributed by atoms with Crippen molar-refractivity contribution in [3.8, 4) is 0 Å². The molecule has 0 atom stereocenters. The molecule has 0 aromatic carbocycles. The maximum Gasteiger partial charge on any atom is 0.00506 e. The zero-order valence-corrected chi connectivity index (χ0v) is 12.8. The van der Waals surface area contributed by atoms with Crippen LogP contribution in [-0.2, 0) is 0 Å². The second-order valence-electron chi connectivity index (χ2n) is 5.20. The fraction of sp³-hybridized carbons (Fsp3) is 1.00. The first-order valence-corrected chi connectivity index (χ1v) is 9.39. The highest BCUT2D eigenvalue weighted by Crippen LogP contribution is 2.39. The molecule has 2 aliphatic carbocycles. The minimum absolute atomic E-state index is 0.698. The Bertz CT molecular complexity index is 191. The monoisotopic (exact) mass is 276 g/mol. The van der Waals surface area contributed by atoms with Crippen molar-refractivity contribution in [3.63, 3.8) is 0 Å². The molecule has 2 aliphatic rings. The predicted octanol–water partition coefficient (Wildman–Crippen LogP) is 4.63. The van der Waals surface area contributed by atoms with Crippen LogP contribution in [0.25, 0.3) is 0 Å². The minimum Gasteiger partial charge on any atom is -0.176 e. The number of thioether (sulfide) groups is 2. The Hall–Kier alpha value is 1.05. The molecule has 2 rings (SSSR count). The Kier molecular flexibility index (Phi) is 5.77. The molecule has 0 spiro atoms. The summed E-state index contributed by atoms with van der Waals surface area (Å²) >= 11 is 8.97. The molecule has 0 saturated heterocycles. The van der Waals surface area contributed by atoms with Crippen LogP contribution in [0.15, 0.2) is 0 Å². The molecule has 3 heteroatoms. The topological polar surface area (TPSA) is 0 Å². The smallest absolute Gasteiger partial charge is 0.00506 e. The molecule has 0 aromatic heterocycles. The van der Waals surface area contributed by atoms with Crippen LogP contribution in [0.3, 0.4) is 0 Å². The van der Waals surface area contributed by atoms with Crippen LogP contribution in [0, 0.1) is 0 Å². The largest absolute Gasteiger partial charge is 0.176 e. The zero-order chi connectivity index (χ0) is 11.4. The highest BCUT2D eigenvalue weighted by Gasteiger charge is 2.26. The summed E-state index contributed by atoms with van der Waals surface area (Å²) in [4.78, 5) is 0. The molecular formula is C13H24S3. The van der Waals surface area contributed by atoms with E-state index in [1.165, 1.54) is 51.4 Å². The molecule has 0 aromatic rings. The third-order valence-electron chi connectivity index (χ3n) is 3.98. The third kappa shape index (κ3) is 4.06. The van der Waals surface area contributed by atoms with Gasteiger partial charge in [0.15, 0.2) is 0 Å². The Balaban J connectivity index is 1.66. The van der Waals surface area contributed by atoms with E-state index in [0.717, 1.165) is 15.7 Å². The molecule has 0 aliphatic heterocycles. The molecule has 94 valence electrons. The van der Waals surface area contributed by atoms with Gasteiger partial charge >= 0.3 is 0 Å². The summed E-state index contributed by atoms with van der Waals surface area (Å²) < 4.78 is 0. The van der Waals surface area contributed by atoms with Gasteiger partial charge in [-0.15, -0.1) is 0 Å². The second-order valence-corrected chi connectivity index (χ2v) is 8.67. The van der Waals surface area contributed by atoms with Crippen molar-refractivity contribution in [2.75, 3.05) is 6.26 Å². The van der Waals surface area contributed by atoms with Crippen LogP contribution < -0.4 is 0 Å². The average Bonchev–Trinajstić information content (AvgIpc) is 2.33. The number of thiol groups is 1. The lowest BCUT2D eigenvalue weighted by Crippen LogP contribution is -2.23. The van der Waals surface area contributed by atoms with Crippen LogP contribution in [0.2, 0.25) is 0 Å². The lowest BCUT2D eigenvalue weighted by atomic mass is 9.99. The van der Waals surface area contributed by atoms with E-state index in [1.807, 2.05) is 0 Å². The van der Waals surface area contributed by atoms with Crippen molar-refractivity contribution in [3.05, 3.63) is 0 Å². The maximum absolute atomic E-state index is 4.58. The van der Waals surface area contributed by atoms with Gasteiger partial charge in [-0.1, -0.05) is 0 Å². The van der Waals surface area contributed by atoms with Gasteiger partial charge in [0.25, 0.3) is 0 Å². The number of hydrogen-bond donors (Lipinski definition) is 1. The summed E-state index contributed by atoms with van der Waals surface area (Å²) in [6.07, 6.45) is 13.7. The van der Waals surface area contributed by atoms with E-state index >= 15 is 0 Å². The number of rotatable bonds is 3. The molecular weight excluding hydrogens is 252 g/mol. The molecule has 0 unspecified atom stereocenters. The quantitative estimate of drug-likeness (QED) is 0.746. The van der Waals surface area contributed by atoms with Crippen LogP contribution in [-0.4, -0.2) is 27.3 Å². The van der Waals surface area contributed by atoms with E-state index in [1.54, 1.807) is 0 Å². The molecule has 0 bridgehead atoms. The van der Waals surface area contributed by atoms with Crippen molar-refractivity contribution in [2.45, 2.75) is 72.4 Å². The van der Waals surface area contributed by atoms with Crippen molar-refractivity contribution >= 4 is 36.2 Å². The fourth-order valence-corrected chi connectivity index (χ4v) is 5.53. The summed E-state index contributed by atoms with van der Waals surface area (Å²) in [7, 11) is 0. The van der Waals surface area contributed by atoms with Gasteiger partial charge in [0.1, 0.15) is 0 Å². The van der Waals surface area contributed by atoms with Crippen molar-refractivity contribution in [1.29, 1.82) is 0 Å². The summed E-state index contributed by atoms with van der Waals surface area (Å²) in [5.74, 6) is 0. The summed E-state index contributed by atoms with van der Waals surface area (Å²) in [6, 6.07) is 0. The van der Waals surface area contributed by atoms with Crippen molar-refractivity contribution < 1.29 is 0 Å². The fourth-order valence-electron chi connectivity index (χ4n) is 2.86. The molecule has 0 amide bonds. The van der Waals surface area contributed by atoms with Gasteiger partial charge in [-0.3, -0.25) is 0 Å². The molecule has 16 heavy (non-hydrogen) atoms. The van der Waals surface area contributed by atoms with Crippen molar-refractivity contribution in [2.24, 2.45) is 0 Å². The Labute approximate surface area is 115 Å². The lowest BCUT2D eigenvalue weighted by Gasteiger charge is -2.32. The molecule has 0 heterocycles. The van der Waals surface area contributed by atoms with E-state index in [4.69, 9.17) is 0 Å². The highest BCUT2D eigenvalue weighted by atomic mass is 32.2. The minimum atomic E-state index is 0.698. The van der Waals surface area contributed by atoms with Gasteiger partial charge in [-0.2, -0.15) is 36.2 Å². The Morgan fingerprint density at radius 1 is 0.750 bits per heavy atom. The van der Waals surface area contributed by atoms with Crippen LogP contribution in [0.1, 0.15) is 51.4 Å². The third-order valence-corrected chi connectivity index (χ3v) is 7.35. The van der Waals surface area contributed by atoms with E-state index < -0.39 is 0 Å². The standard InChI is InChI=1S/C13H24S3/c1-15-11-6-8-13(9-7-11)16-12-4-2-10(14)3-5-12/h10-14H,2-9H2,1H3. The van der Waals surface area contributed by atoms with Crippen LogP contribution >= 0.6 is 36.2 Å². The highest BCUT2D eigenvalue weighted by molar-refractivity contribution is 8.00. The molecule has 0 N–H and O–H groups in total. The van der Waals surface area contributed by atoms with E-state index in [9.17, 15) is 0 Å². The molecule has 2 saturated carbocycles. The lowest BCUT2D eigenvalue weighted by molar-refractivity contribution is 0.508. The molecule has 0 nitrogen and oxygen atoms in total. The molecule has 0 radical (unpaired) electrons. The van der Waals surface area contributed by atoms with Gasteiger partial charge in [0.2, 0.25) is 0 Å². The first-order valence-electron chi connectivity index (χ1n) is 6.64. The van der Waals surface area contributed by atoms with E-state index in [-0.39, 0.29) is 0 Å². The molecule has 2 fully saturated rings. The van der Waals surface area contributed by atoms with Gasteiger partial charge < -0.3 is 0 Å². The first kappa shape index (κ1) is 13.5. The SMILES string of the molecule is CSC1CCC(SC2CCC(S)CC2)CC1. The van der Waals surface area contributed by atoms with Gasteiger partial charge in [-0.05, 0) is 57.6 Å². The van der Waals surface area contributed by atoms with E-state index in [2.05, 4.69) is 42.4 Å². The average molecular weight is 277 g/mol. The predicted molar refractivity (Wildman–Crippen MR) is 82.2 cm³/mol. The van der Waals surface area contributed by atoms with Gasteiger partial charge in [0, 0.05) is 21.0 Å². The maximum atomic E-state index is 4.58. The van der Waals surface area contributed by atoms with Gasteiger partial charge in [0.05, 0.1) is 0 Å². The van der Waals surface area contributed by atoms with Crippen LogP contribution in [0.4, 0.5) is 0 Å². The van der Waals surface area contributed by atoms with E-state index in [0.29, 0.717) is 5.25 Å². The van der Waals surface area contributed by atoms with Gasteiger partial charge in [-0.25, -0.2) is 0 Å². The second kappa shape index (κ2) is 6.84. The summed E-state index contributed by atoms with van der Waals surface area (Å²) in [5, 5.41) is 3.60. The Morgan fingerprint density at radius 2 is 1.19 bits per heavy atom. The summed E-state index contributed by atoms with van der Waals surface area (Å²) in [5.41, 5.74) is 0. The van der Waals surface area contributed by atoms with Crippen molar-refractivity contribution in [1.82, 2.24) is 0 Å². The summed E-state index contributed by atoms with van der Waals surface area (Å²) in [6.45, 7) is 0. The normalized spacial score (nSPS) is 40.9.